The van der Waals surface area contributed by atoms with Gasteiger partial charge in [0.15, 0.2) is 0 Å². The van der Waals surface area contributed by atoms with Crippen LogP contribution in [0.1, 0.15) is 12.8 Å². The van der Waals surface area contributed by atoms with Gasteiger partial charge in [0.1, 0.15) is 0 Å². The van der Waals surface area contributed by atoms with Crippen LogP contribution in [0.3, 0.4) is 0 Å². The minimum atomic E-state index is -0.904. The van der Waals surface area contributed by atoms with Gasteiger partial charge in [-0.15, -0.1) is 0 Å². The molecule has 2 fully saturated rings. The molecule has 0 spiro atoms. The van der Waals surface area contributed by atoms with Gasteiger partial charge in [0, 0.05) is 26.2 Å². The fourth-order valence-corrected chi connectivity index (χ4v) is 2.34. The fraction of sp³-hybridized carbons (Fsp3) is 0.833. The Morgan fingerprint density at radius 3 is 2.68 bits per heavy atom. The van der Waals surface area contributed by atoms with E-state index in [1.54, 1.807) is 4.90 Å². The first kappa shape index (κ1) is 14.2. The Labute approximate surface area is 111 Å². The lowest BCUT2D eigenvalue weighted by Gasteiger charge is -2.33. The van der Waals surface area contributed by atoms with Gasteiger partial charge in [0.2, 0.25) is 5.91 Å². The summed E-state index contributed by atoms with van der Waals surface area (Å²) in [5, 5.41) is 11.9. The van der Waals surface area contributed by atoms with Crippen molar-refractivity contribution in [3.8, 4) is 0 Å². The van der Waals surface area contributed by atoms with E-state index >= 15 is 0 Å². The summed E-state index contributed by atoms with van der Waals surface area (Å²) in [5.41, 5.74) is 0. The molecule has 0 aromatic heterocycles. The second kappa shape index (κ2) is 6.83. The number of amides is 1. The number of ether oxygens (including phenoxy) is 2. The smallest absolute Gasteiger partial charge is 0.306 e. The first-order valence-corrected chi connectivity index (χ1v) is 6.58. The molecular weight excluding hydrogens is 252 g/mol. The maximum Gasteiger partial charge on any atom is 0.306 e. The third-order valence-electron chi connectivity index (χ3n) is 3.30. The second-order valence-corrected chi connectivity index (χ2v) is 4.83. The molecule has 0 aromatic carbocycles. The highest BCUT2D eigenvalue weighted by molar-refractivity contribution is 5.77. The van der Waals surface area contributed by atoms with Gasteiger partial charge in [-0.25, -0.2) is 0 Å². The highest BCUT2D eigenvalue weighted by Crippen LogP contribution is 2.12. The van der Waals surface area contributed by atoms with Crippen molar-refractivity contribution in [2.45, 2.75) is 25.0 Å². The zero-order valence-corrected chi connectivity index (χ0v) is 10.8. The molecule has 2 N–H and O–H groups in total. The van der Waals surface area contributed by atoms with Gasteiger partial charge in [-0.2, -0.15) is 0 Å². The van der Waals surface area contributed by atoms with Crippen LogP contribution in [0, 0.1) is 0 Å². The lowest BCUT2D eigenvalue weighted by Crippen LogP contribution is -2.48. The van der Waals surface area contributed by atoms with Crippen LogP contribution in [0.15, 0.2) is 0 Å². The van der Waals surface area contributed by atoms with Gasteiger partial charge in [-0.05, 0) is 0 Å². The monoisotopic (exact) mass is 272 g/mol. The lowest BCUT2D eigenvalue weighted by molar-refractivity contribution is -0.149. The van der Waals surface area contributed by atoms with Crippen molar-refractivity contribution in [3.05, 3.63) is 0 Å². The largest absolute Gasteiger partial charge is 0.481 e. The summed E-state index contributed by atoms with van der Waals surface area (Å²) in [6, 6.07) is 0. The van der Waals surface area contributed by atoms with Crippen LogP contribution in [-0.4, -0.2) is 73.5 Å². The molecule has 2 aliphatic rings. The molecule has 7 heteroatoms. The highest BCUT2D eigenvalue weighted by Gasteiger charge is 2.27. The number of carboxylic acid groups (broad SMARTS) is 1. The zero-order valence-electron chi connectivity index (χ0n) is 10.8. The van der Waals surface area contributed by atoms with Crippen LogP contribution in [0.2, 0.25) is 0 Å². The van der Waals surface area contributed by atoms with Gasteiger partial charge >= 0.3 is 5.97 Å². The van der Waals surface area contributed by atoms with E-state index in [2.05, 4.69) is 5.32 Å². The number of carbonyl (C=O) groups excluding carboxylic acids is 1. The summed E-state index contributed by atoms with van der Waals surface area (Å²) in [6.45, 7) is 3.41. The van der Waals surface area contributed by atoms with Crippen molar-refractivity contribution in [1.29, 1.82) is 0 Å². The molecule has 2 aliphatic heterocycles. The second-order valence-electron chi connectivity index (χ2n) is 4.83. The first-order chi connectivity index (χ1) is 9.15. The van der Waals surface area contributed by atoms with Crippen molar-refractivity contribution in [1.82, 2.24) is 10.2 Å². The molecule has 108 valence electrons. The Hall–Kier alpha value is -1.18. The predicted molar refractivity (Wildman–Crippen MR) is 65.8 cm³/mol. The maximum absolute atomic E-state index is 12.1. The summed E-state index contributed by atoms with van der Waals surface area (Å²) in [5.74, 6) is -0.897. The number of hydrogen-bond donors (Lipinski definition) is 2. The third-order valence-corrected chi connectivity index (χ3v) is 3.30. The minimum Gasteiger partial charge on any atom is -0.481 e. The molecule has 0 aromatic rings. The van der Waals surface area contributed by atoms with Crippen LogP contribution in [0.4, 0.5) is 0 Å². The number of carbonyl (C=O) groups is 2. The van der Waals surface area contributed by atoms with E-state index in [1.165, 1.54) is 0 Å². The Bertz CT molecular complexity index is 330. The van der Waals surface area contributed by atoms with E-state index in [1.807, 2.05) is 0 Å². The first-order valence-electron chi connectivity index (χ1n) is 6.58. The number of hydrogen-bond acceptors (Lipinski definition) is 5. The molecule has 1 amide bonds. The van der Waals surface area contributed by atoms with Crippen LogP contribution < -0.4 is 5.32 Å². The van der Waals surface area contributed by atoms with Gasteiger partial charge < -0.3 is 24.8 Å². The molecule has 2 saturated heterocycles. The molecule has 19 heavy (non-hydrogen) atoms. The summed E-state index contributed by atoms with van der Waals surface area (Å²) < 4.78 is 10.8. The lowest BCUT2D eigenvalue weighted by atomic mass is 10.1. The van der Waals surface area contributed by atoms with Crippen molar-refractivity contribution >= 4 is 11.9 Å². The van der Waals surface area contributed by atoms with E-state index in [9.17, 15) is 9.59 Å². The van der Waals surface area contributed by atoms with Gasteiger partial charge in [0.25, 0.3) is 0 Å². The Kier molecular flexibility index (Phi) is 5.12. The summed E-state index contributed by atoms with van der Waals surface area (Å²) in [7, 11) is 0. The molecule has 7 nitrogen and oxygen atoms in total. The number of carboxylic acids is 1. The quantitative estimate of drug-likeness (QED) is 0.687. The van der Waals surface area contributed by atoms with Crippen LogP contribution in [0.5, 0.6) is 0 Å². The van der Waals surface area contributed by atoms with Crippen molar-refractivity contribution < 1.29 is 24.2 Å². The topological polar surface area (TPSA) is 88.1 Å². The third kappa shape index (κ3) is 4.45. The Morgan fingerprint density at radius 1 is 1.21 bits per heavy atom. The standard InChI is InChI=1S/C12H20N2O5/c15-11(5-9-7-13-1-3-18-9)14-2-4-19-10(8-14)6-12(16)17/h9-10,13H,1-8H2,(H,16,17). The van der Waals surface area contributed by atoms with Crippen LogP contribution in [0.25, 0.3) is 0 Å². The summed E-state index contributed by atoms with van der Waals surface area (Å²) >= 11 is 0. The maximum atomic E-state index is 12.1. The molecule has 2 atom stereocenters. The van der Waals surface area contributed by atoms with Crippen molar-refractivity contribution in [2.75, 3.05) is 39.4 Å². The minimum absolute atomic E-state index is 0.00684. The van der Waals surface area contributed by atoms with E-state index in [0.29, 0.717) is 39.3 Å². The van der Waals surface area contributed by atoms with Gasteiger partial charge in [-0.3, -0.25) is 9.59 Å². The summed E-state index contributed by atoms with van der Waals surface area (Å²) in [4.78, 5) is 24.4. The molecule has 0 radical (unpaired) electrons. The fourth-order valence-electron chi connectivity index (χ4n) is 2.34. The highest BCUT2D eigenvalue weighted by atomic mass is 16.5. The van der Waals surface area contributed by atoms with Crippen molar-refractivity contribution in [2.24, 2.45) is 0 Å². The molecule has 0 bridgehead atoms. The van der Waals surface area contributed by atoms with E-state index in [-0.39, 0.29) is 18.4 Å². The number of aliphatic carboxylic acids is 1. The molecule has 0 aliphatic carbocycles. The van der Waals surface area contributed by atoms with E-state index in [0.717, 1.165) is 6.54 Å². The molecule has 0 saturated carbocycles. The van der Waals surface area contributed by atoms with Crippen LogP contribution >= 0.6 is 0 Å². The number of rotatable bonds is 4. The molecule has 2 heterocycles. The van der Waals surface area contributed by atoms with Gasteiger partial charge in [-0.1, -0.05) is 0 Å². The van der Waals surface area contributed by atoms with E-state index < -0.39 is 12.1 Å². The van der Waals surface area contributed by atoms with E-state index in [4.69, 9.17) is 14.6 Å². The predicted octanol–water partition coefficient (Wildman–Crippen LogP) is -0.933. The average molecular weight is 272 g/mol. The molecule has 2 unspecified atom stereocenters. The van der Waals surface area contributed by atoms with Crippen molar-refractivity contribution in [3.63, 3.8) is 0 Å². The number of nitrogens with zero attached hydrogens (tertiary/aromatic N) is 1. The molecular formula is C12H20N2O5. The number of morpholine rings is 2. The Morgan fingerprint density at radius 2 is 2.00 bits per heavy atom. The number of nitrogens with one attached hydrogen (secondary N) is 1. The Balaban J connectivity index is 1.79. The van der Waals surface area contributed by atoms with Gasteiger partial charge in [0.05, 0.1) is 38.3 Å². The average Bonchev–Trinajstić information content (AvgIpc) is 2.39. The SMILES string of the molecule is O=C(O)CC1CN(C(=O)CC2CNCCO2)CCO1. The zero-order chi connectivity index (χ0) is 13.7. The summed E-state index contributed by atoms with van der Waals surface area (Å²) in [6.07, 6.45) is -0.208. The normalized spacial score (nSPS) is 28.1. The molecule has 2 rings (SSSR count). The van der Waals surface area contributed by atoms with Crippen LogP contribution in [-0.2, 0) is 19.1 Å².